The number of carbonyl (C=O) groups is 1. The Hall–Kier alpha value is -1.31. The minimum atomic E-state index is 0.138. The molecule has 1 aliphatic rings. The van der Waals surface area contributed by atoms with E-state index in [1.54, 1.807) is 0 Å². The SMILES string of the molecule is CCC(C)(C)c1ccc2c(c1)NC(=O)CC2. The molecule has 0 saturated carbocycles. The first kappa shape index (κ1) is 11.2. The molecule has 0 aromatic heterocycles. The first-order valence-corrected chi connectivity index (χ1v) is 5.96. The molecule has 0 atom stereocenters. The summed E-state index contributed by atoms with van der Waals surface area (Å²) in [7, 11) is 0. The highest BCUT2D eigenvalue weighted by Gasteiger charge is 2.21. The molecule has 0 spiro atoms. The number of aryl methyl sites for hydroxylation is 1. The molecule has 0 radical (unpaired) electrons. The number of hydrogen-bond acceptors (Lipinski definition) is 1. The second kappa shape index (κ2) is 3.93. The fraction of sp³-hybridized carbons (Fsp3) is 0.500. The van der Waals surface area contributed by atoms with Gasteiger partial charge < -0.3 is 5.32 Å². The highest BCUT2D eigenvalue weighted by Crippen LogP contribution is 2.32. The summed E-state index contributed by atoms with van der Waals surface area (Å²) in [5.41, 5.74) is 3.75. The van der Waals surface area contributed by atoms with Crippen LogP contribution in [0, 0.1) is 0 Å². The highest BCUT2D eigenvalue weighted by atomic mass is 16.1. The molecule has 2 heteroatoms. The van der Waals surface area contributed by atoms with E-state index in [1.807, 2.05) is 0 Å². The predicted molar refractivity (Wildman–Crippen MR) is 66.7 cm³/mol. The van der Waals surface area contributed by atoms with Crippen molar-refractivity contribution in [1.82, 2.24) is 0 Å². The fourth-order valence-corrected chi connectivity index (χ4v) is 2.00. The third-order valence-electron chi connectivity index (χ3n) is 3.67. The summed E-state index contributed by atoms with van der Waals surface area (Å²) < 4.78 is 0. The molecule has 1 heterocycles. The largest absolute Gasteiger partial charge is 0.326 e. The van der Waals surface area contributed by atoms with Gasteiger partial charge in [-0.05, 0) is 35.4 Å². The van der Waals surface area contributed by atoms with Gasteiger partial charge in [0.25, 0.3) is 0 Å². The monoisotopic (exact) mass is 217 g/mol. The Morgan fingerprint density at radius 2 is 2.06 bits per heavy atom. The number of anilines is 1. The van der Waals surface area contributed by atoms with Crippen LogP contribution in [0.15, 0.2) is 18.2 Å². The average molecular weight is 217 g/mol. The summed E-state index contributed by atoms with van der Waals surface area (Å²) in [5.74, 6) is 0.138. The number of nitrogens with one attached hydrogen (secondary N) is 1. The summed E-state index contributed by atoms with van der Waals surface area (Å²) >= 11 is 0. The van der Waals surface area contributed by atoms with E-state index < -0.39 is 0 Å². The Balaban J connectivity index is 2.38. The van der Waals surface area contributed by atoms with Gasteiger partial charge in [-0.25, -0.2) is 0 Å². The zero-order valence-corrected chi connectivity index (χ0v) is 10.3. The first-order chi connectivity index (χ1) is 7.53. The second-order valence-corrected chi connectivity index (χ2v) is 5.16. The van der Waals surface area contributed by atoms with Crippen molar-refractivity contribution >= 4 is 11.6 Å². The number of amides is 1. The highest BCUT2D eigenvalue weighted by molar-refractivity contribution is 5.94. The van der Waals surface area contributed by atoms with Crippen molar-refractivity contribution in [3.63, 3.8) is 0 Å². The van der Waals surface area contributed by atoms with Crippen molar-refractivity contribution < 1.29 is 4.79 Å². The second-order valence-electron chi connectivity index (χ2n) is 5.16. The lowest BCUT2D eigenvalue weighted by Crippen LogP contribution is -2.21. The first-order valence-electron chi connectivity index (χ1n) is 5.96. The quantitative estimate of drug-likeness (QED) is 0.809. The van der Waals surface area contributed by atoms with E-state index in [-0.39, 0.29) is 11.3 Å². The molecule has 0 bridgehead atoms. The van der Waals surface area contributed by atoms with Crippen LogP contribution in [0.3, 0.4) is 0 Å². The Morgan fingerprint density at radius 3 is 2.75 bits per heavy atom. The molecular formula is C14H19NO. The Morgan fingerprint density at radius 1 is 1.31 bits per heavy atom. The van der Waals surface area contributed by atoms with E-state index in [0.717, 1.165) is 18.5 Å². The van der Waals surface area contributed by atoms with Gasteiger partial charge in [-0.1, -0.05) is 32.9 Å². The van der Waals surface area contributed by atoms with Gasteiger partial charge in [-0.15, -0.1) is 0 Å². The number of fused-ring (bicyclic) bond motifs is 1. The van der Waals surface area contributed by atoms with Gasteiger partial charge in [-0.2, -0.15) is 0 Å². The average Bonchev–Trinajstić information content (AvgIpc) is 2.28. The van der Waals surface area contributed by atoms with Gasteiger partial charge in [0.15, 0.2) is 0 Å². The third kappa shape index (κ3) is 1.97. The molecule has 1 aromatic carbocycles. The topological polar surface area (TPSA) is 29.1 Å². The fourth-order valence-electron chi connectivity index (χ4n) is 2.00. The summed E-state index contributed by atoms with van der Waals surface area (Å²) in [4.78, 5) is 11.3. The Labute approximate surface area is 97.1 Å². The Bertz CT molecular complexity index is 421. The van der Waals surface area contributed by atoms with Gasteiger partial charge in [0.2, 0.25) is 5.91 Å². The molecular weight excluding hydrogens is 198 g/mol. The van der Waals surface area contributed by atoms with Crippen LogP contribution in [0.25, 0.3) is 0 Å². The maximum absolute atomic E-state index is 11.3. The van der Waals surface area contributed by atoms with E-state index in [1.165, 1.54) is 11.1 Å². The smallest absolute Gasteiger partial charge is 0.224 e. The van der Waals surface area contributed by atoms with Crippen molar-refractivity contribution in [2.75, 3.05) is 5.32 Å². The van der Waals surface area contributed by atoms with E-state index in [2.05, 4.69) is 44.3 Å². The Kier molecular flexibility index (Phi) is 2.75. The summed E-state index contributed by atoms with van der Waals surface area (Å²) in [5, 5.41) is 2.96. The number of hydrogen-bond donors (Lipinski definition) is 1. The number of rotatable bonds is 2. The van der Waals surface area contributed by atoms with Crippen molar-refractivity contribution in [1.29, 1.82) is 0 Å². The van der Waals surface area contributed by atoms with Gasteiger partial charge in [0.1, 0.15) is 0 Å². The van der Waals surface area contributed by atoms with Crippen molar-refractivity contribution in [2.45, 2.75) is 45.4 Å². The molecule has 0 saturated heterocycles. The van der Waals surface area contributed by atoms with Crippen LogP contribution in [0.2, 0.25) is 0 Å². The molecule has 1 N–H and O–H groups in total. The third-order valence-corrected chi connectivity index (χ3v) is 3.67. The molecule has 2 rings (SSSR count). The molecule has 1 amide bonds. The van der Waals surface area contributed by atoms with Crippen LogP contribution >= 0.6 is 0 Å². The summed E-state index contributed by atoms with van der Waals surface area (Å²) in [6.07, 6.45) is 2.58. The summed E-state index contributed by atoms with van der Waals surface area (Å²) in [6.45, 7) is 6.66. The van der Waals surface area contributed by atoms with Gasteiger partial charge >= 0.3 is 0 Å². The summed E-state index contributed by atoms with van der Waals surface area (Å²) in [6, 6.07) is 6.48. The van der Waals surface area contributed by atoms with Gasteiger partial charge in [0, 0.05) is 12.1 Å². The van der Waals surface area contributed by atoms with Crippen LogP contribution in [-0.4, -0.2) is 5.91 Å². The van der Waals surface area contributed by atoms with Crippen molar-refractivity contribution in [3.05, 3.63) is 29.3 Å². The lowest BCUT2D eigenvalue weighted by molar-refractivity contribution is -0.116. The maximum atomic E-state index is 11.3. The minimum Gasteiger partial charge on any atom is -0.326 e. The van der Waals surface area contributed by atoms with Crippen LogP contribution in [0.1, 0.15) is 44.7 Å². The van der Waals surface area contributed by atoms with E-state index >= 15 is 0 Å². The van der Waals surface area contributed by atoms with E-state index in [9.17, 15) is 4.79 Å². The van der Waals surface area contributed by atoms with Gasteiger partial charge in [-0.3, -0.25) is 4.79 Å². The van der Waals surface area contributed by atoms with Crippen LogP contribution in [-0.2, 0) is 16.6 Å². The molecule has 0 aliphatic carbocycles. The van der Waals surface area contributed by atoms with E-state index in [4.69, 9.17) is 0 Å². The zero-order valence-electron chi connectivity index (χ0n) is 10.3. The number of benzene rings is 1. The van der Waals surface area contributed by atoms with E-state index in [0.29, 0.717) is 6.42 Å². The van der Waals surface area contributed by atoms with Crippen LogP contribution in [0.4, 0.5) is 5.69 Å². The van der Waals surface area contributed by atoms with Crippen LogP contribution < -0.4 is 5.32 Å². The molecule has 1 aromatic rings. The minimum absolute atomic E-state index is 0.138. The van der Waals surface area contributed by atoms with Gasteiger partial charge in [0.05, 0.1) is 0 Å². The molecule has 0 fully saturated rings. The van der Waals surface area contributed by atoms with Crippen molar-refractivity contribution in [3.8, 4) is 0 Å². The molecule has 86 valence electrons. The number of carbonyl (C=O) groups excluding carboxylic acids is 1. The maximum Gasteiger partial charge on any atom is 0.224 e. The zero-order chi connectivity index (χ0) is 11.8. The van der Waals surface area contributed by atoms with Crippen LogP contribution in [0.5, 0.6) is 0 Å². The lowest BCUT2D eigenvalue weighted by atomic mass is 9.81. The molecule has 2 nitrogen and oxygen atoms in total. The standard InChI is InChI=1S/C14H19NO/c1-4-14(2,3)11-7-5-10-6-8-13(16)15-12(10)9-11/h5,7,9H,4,6,8H2,1-3H3,(H,15,16). The molecule has 1 aliphatic heterocycles. The molecule has 16 heavy (non-hydrogen) atoms. The normalized spacial score (nSPS) is 15.6. The van der Waals surface area contributed by atoms with Crippen molar-refractivity contribution in [2.24, 2.45) is 0 Å². The predicted octanol–water partition coefficient (Wildman–Crippen LogP) is 3.26. The lowest BCUT2D eigenvalue weighted by Gasteiger charge is -2.26. The molecule has 0 unspecified atom stereocenters.